The molecule has 0 bridgehead atoms. The summed E-state index contributed by atoms with van der Waals surface area (Å²) in [5, 5.41) is 32.4. The van der Waals surface area contributed by atoms with Crippen LogP contribution in [0.1, 0.15) is 230 Å². The topological polar surface area (TPSA) is 171 Å². The number of hydrogen-bond donors (Lipinski definition) is 3. The van der Waals surface area contributed by atoms with E-state index in [1.165, 1.54) is 0 Å². The van der Waals surface area contributed by atoms with Crippen molar-refractivity contribution >= 4 is 158 Å². The molecule has 3 N–H and O–H groups in total. The third-order valence-corrected chi connectivity index (χ3v) is 77.7. The number of aliphatic hydroxyl groups excluding tert-OH is 3. The van der Waals surface area contributed by atoms with Gasteiger partial charge in [-0.05, 0) is 244 Å². The molecule has 0 spiro atoms. The molecule has 0 amide bonds. The monoisotopic (exact) mass is 2320 g/mol. The number of aliphatic hydroxyl groups is 3. The van der Waals surface area contributed by atoms with E-state index in [0.29, 0.717) is 0 Å². The van der Waals surface area contributed by atoms with Crippen LogP contribution in [0.3, 0.4) is 0 Å². The Morgan fingerprint density at radius 3 is 0.514 bits per heavy atom. The van der Waals surface area contributed by atoms with E-state index in [4.69, 9.17) is 59.6 Å². The molecule has 39 heteroatoms. The summed E-state index contributed by atoms with van der Waals surface area (Å²) in [6, 6.07) is 60.1. The molecule has 6 aromatic carbocycles. The van der Waals surface area contributed by atoms with Gasteiger partial charge < -0.3 is 64.7 Å². The van der Waals surface area contributed by atoms with Gasteiger partial charge in [-0.25, -0.2) is 0 Å². The lowest BCUT2D eigenvalue weighted by molar-refractivity contribution is -0.132. The van der Waals surface area contributed by atoms with E-state index in [0.717, 1.165) is 126 Å². The highest BCUT2D eigenvalue weighted by molar-refractivity contribution is 7.05. The van der Waals surface area contributed by atoms with Gasteiger partial charge in [0.25, 0.3) is 0 Å². The molecule has 0 aliphatic carbocycles. The standard InChI is InChI=1S/C34H61F3O6Si5.C29H51F3O5Si5.C24H41F3O4Si5.18CH4/c1-44(2,29-20-10-8-18-27-38)40-46(5,6)42-48(32-22-14-12-15-23-32,33-24-16-13-17-25-33)43-47(7,31-26-34(35,36)37)41-45(3,4)30-21-11-9-19-28-39;1-38(2,3)34-41(8,26-23-29(30,31)32)37-42(27-19-13-11-14-20-27,28-21-15-12-16-22-28)36-40(6,7)35-39(4,5)25-18-10-9-17-24-33;1-32(2,3)28-34(7,8)30-36(22-16-12-10-13-17-22,23-18-14-11-15-19-23)31-35(9,29-33(4,5)6)21-20-24(25,26)27;;;;;;;;;;;;;;;;;;/h12-17,22-25,38-39H,8-11,18-21,26-31H2,1-7H3;11-16,19-22,33H,9-10,17-18,23-26H2,1-8H3;10-19H,20-21H2,1-9H3;18*1H4. The van der Waals surface area contributed by atoms with Gasteiger partial charge in [0.15, 0.2) is 49.9 Å². The average molecular weight is 2320 g/mol. The highest BCUT2D eigenvalue weighted by Gasteiger charge is 2.60. The number of hydrogen-bond acceptors (Lipinski definition) is 15. The highest BCUT2D eigenvalue weighted by Crippen LogP contribution is 2.39. The minimum atomic E-state index is -4.36. The zero-order valence-electron chi connectivity index (χ0n) is 79.9. The third kappa shape index (κ3) is 67.8. The summed E-state index contributed by atoms with van der Waals surface area (Å²) >= 11 is 0. The summed E-state index contributed by atoms with van der Waals surface area (Å²) in [4.78, 5) is 0. The van der Waals surface area contributed by atoms with Gasteiger partial charge in [0.1, 0.15) is 0 Å². The van der Waals surface area contributed by atoms with Crippen LogP contribution >= 0.6 is 0 Å². The van der Waals surface area contributed by atoms with Crippen molar-refractivity contribution in [3.63, 3.8) is 0 Å². The summed E-state index contributed by atoms with van der Waals surface area (Å²) in [6.07, 6.45) is -4.74. The number of alkyl halides is 9. The van der Waals surface area contributed by atoms with Crippen LogP contribution in [0.5, 0.6) is 0 Å². The molecule has 858 valence electrons. The lowest BCUT2D eigenvalue weighted by Crippen LogP contribution is -2.72. The van der Waals surface area contributed by atoms with Crippen LogP contribution in [-0.2, 0) is 49.4 Å². The summed E-state index contributed by atoms with van der Waals surface area (Å²) < 4.78 is 207. The van der Waals surface area contributed by atoms with Crippen molar-refractivity contribution in [1.82, 2.24) is 0 Å². The first-order valence-electron chi connectivity index (χ1n) is 44.7. The Bertz CT molecular complexity index is 3910. The van der Waals surface area contributed by atoms with Crippen molar-refractivity contribution in [1.29, 1.82) is 0 Å². The molecule has 0 fully saturated rings. The van der Waals surface area contributed by atoms with Crippen LogP contribution in [0.2, 0.25) is 193 Å². The first kappa shape index (κ1) is 174. The normalized spacial score (nSPS) is 13.2. The highest BCUT2D eigenvalue weighted by atomic mass is 28.5. The Hall–Kier alpha value is -2.66. The van der Waals surface area contributed by atoms with Gasteiger partial charge in [-0.15, -0.1) is 0 Å². The zero-order chi connectivity index (χ0) is 95.1. The predicted molar refractivity (Wildman–Crippen MR) is 655 cm³/mol. The minimum absolute atomic E-state index is 0. The van der Waals surface area contributed by atoms with Crippen LogP contribution in [0, 0.1) is 0 Å². The molecule has 0 aliphatic rings. The van der Waals surface area contributed by atoms with Gasteiger partial charge >= 0.3 is 95.6 Å². The molecule has 0 saturated heterocycles. The van der Waals surface area contributed by atoms with Crippen LogP contribution in [0.25, 0.3) is 0 Å². The number of benzene rings is 6. The van der Waals surface area contributed by atoms with Crippen molar-refractivity contribution in [3.8, 4) is 0 Å². The number of rotatable bonds is 54. The van der Waals surface area contributed by atoms with Crippen LogP contribution in [-0.4, -0.2) is 181 Å². The Morgan fingerprint density at radius 2 is 0.347 bits per heavy atom. The van der Waals surface area contributed by atoms with E-state index in [-0.39, 0.29) is 172 Å². The molecule has 0 aliphatic heterocycles. The van der Waals surface area contributed by atoms with Gasteiger partial charge in [0, 0.05) is 39.1 Å². The van der Waals surface area contributed by atoms with E-state index in [2.05, 4.69) is 58.9 Å². The van der Waals surface area contributed by atoms with E-state index >= 15 is 0 Å². The summed E-state index contributed by atoms with van der Waals surface area (Å²) in [5.74, 6) is 0. The maximum atomic E-state index is 13.9. The molecule has 0 aromatic heterocycles. The minimum Gasteiger partial charge on any atom is -0.437 e. The van der Waals surface area contributed by atoms with E-state index in [1.807, 2.05) is 261 Å². The second-order valence-electron chi connectivity index (χ2n) is 39.5. The first-order chi connectivity index (χ1) is 57.9. The molecule has 3 atom stereocenters. The van der Waals surface area contributed by atoms with Gasteiger partial charge in [0.2, 0.25) is 0 Å². The van der Waals surface area contributed by atoms with Crippen LogP contribution in [0.4, 0.5) is 39.5 Å². The average Bonchev–Trinajstić information content (AvgIpc) is 0.754. The molecule has 144 heavy (non-hydrogen) atoms. The third-order valence-electron chi connectivity index (χ3n) is 20.0. The van der Waals surface area contributed by atoms with Crippen molar-refractivity contribution in [2.24, 2.45) is 0 Å². The number of halogens is 9. The molecule has 6 rings (SSSR count). The zero-order valence-corrected chi connectivity index (χ0v) is 94.9. The number of unbranched alkanes of at least 4 members (excludes halogenated alkanes) is 9. The second-order valence-corrected chi connectivity index (χ2v) is 97.9. The smallest absolute Gasteiger partial charge is 0.389 e. The maximum absolute atomic E-state index is 13.9. The molecule has 3 unspecified atom stereocenters. The fourth-order valence-electron chi connectivity index (χ4n) is 15.9. The fraction of sp³-hybridized carbons (Fsp3) is 0.657. The summed E-state index contributed by atoms with van der Waals surface area (Å²) in [6.45, 7) is 49.2. The van der Waals surface area contributed by atoms with Gasteiger partial charge in [-0.3, -0.25) is 0 Å². The van der Waals surface area contributed by atoms with Gasteiger partial charge in [0.05, 0.1) is 0 Å². The molecule has 0 heterocycles. The maximum Gasteiger partial charge on any atom is 0.389 e. The molecule has 6 aromatic rings. The lowest BCUT2D eigenvalue weighted by Gasteiger charge is -2.46. The predicted octanol–water partition coefficient (Wildman–Crippen LogP) is 34.3. The molecular formula is C105H225F9O15Si15. The van der Waals surface area contributed by atoms with Gasteiger partial charge in [-0.2, -0.15) is 39.5 Å². The van der Waals surface area contributed by atoms with E-state index < -0.39 is 165 Å². The molecule has 0 saturated carbocycles. The van der Waals surface area contributed by atoms with E-state index in [9.17, 15) is 44.6 Å². The Kier molecular flexibility index (Phi) is 92.1. The largest absolute Gasteiger partial charge is 0.437 e. The van der Waals surface area contributed by atoms with Crippen molar-refractivity contribution in [3.05, 3.63) is 182 Å². The Morgan fingerprint density at radius 1 is 0.188 bits per heavy atom. The first-order valence-corrected chi connectivity index (χ1v) is 85.7. The second kappa shape index (κ2) is 76.0. The molecule has 15 nitrogen and oxygen atoms in total. The quantitative estimate of drug-likeness (QED) is 0.0187. The van der Waals surface area contributed by atoms with Crippen LogP contribution < -0.4 is 31.1 Å². The lowest BCUT2D eigenvalue weighted by atomic mass is 10.2. The van der Waals surface area contributed by atoms with Gasteiger partial charge in [-0.1, -0.05) is 373 Å². The summed E-state index contributed by atoms with van der Waals surface area (Å²) in [5.41, 5.74) is 0. The van der Waals surface area contributed by atoms with Crippen molar-refractivity contribution in [2.45, 2.75) is 442 Å². The SMILES string of the molecule is C.C.C.C.C.C.C.C.C.C.C.C.C.C.C.C.C.C.C[Si](C)(C)O[Si](C)(C)O[Si](O[Si](C)(CCC(F)(F)F)O[Si](C)(C)C)(c1ccccc1)c1ccccc1.C[Si](C)(C)O[Si](C)(CCC(F)(F)F)O[Si](O[Si](C)(C)O[Si](C)(C)CCCCCCO)(c1ccccc1)c1ccccc1.C[Si](C)(CCCCCCO)O[Si](C)(C)O[Si](O[Si](C)(CCC(F)(F)F)O[Si](C)(C)CCCCCCO)(c1ccccc1)c1ccccc1. The van der Waals surface area contributed by atoms with Crippen molar-refractivity contribution in [2.75, 3.05) is 19.8 Å². The van der Waals surface area contributed by atoms with E-state index in [1.54, 1.807) is 19.6 Å². The van der Waals surface area contributed by atoms with Crippen LogP contribution in [0.15, 0.2) is 182 Å². The Balaban J connectivity index is -0.000000126. The Labute approximate surface area is 899 Å². The van der Waals surface area contributed by atoms with Crippen molar-refractivity contribution < 1.29 is 104 Å². The summed E-state index contributed by atoms with van der Waals surface area (Å²) in [7, 11) is -43.4. The molecular weight excluding hydrogens is 2090 g/mol. The fourth-order valence-corrected chi connectivity index (χ4v) is 87.6. The molecule has 0 radical (unpaired) electrons.